The van der Waals surface area contributed by atoms with Gasteiger partial charge in [-0.25, -0.2) is 0 Å². The van der Waals surface area contributed by atoms with Gasteiger partial charge in [0.1, 0.15) is 6.29 Å². The molecule has 1 N–H and O–H groups in total. The third kappa shape index (κ3) is 2.48. The van der Waals surface area contributed by atoms with Crippen LogP contribution in [0, 0.1) is 11.8 Å². The highest BCUT2D eigenvalue weighted by Crippen LogP contribution is 2.43. The molecule has 0 aliphatic carbocycles. The van der Waals surface area contributed by atoms with Gasteiger partial charge in [-0.3, -0.25) is 4.79 Å². The van der Waals surface area contributed by atoms with Crippen molar-refractivity contribution in [3.8, 4) is 0 Å². The molecule has 0 amide bonds. The van der Waals surface area contributed by atoms with Crippen LogP contribution in [-0.4, -0.2) is 29.6 Å². The van der Waals surface area contributed by atoms with Crippen molar-refractivity contribution in [2.45, 2.75) is 37.9 Å². The van der Waals surface area contributed by atoms with Gasteiger partial charge in [0.15, 0.2) is 0 Å². The van der Waals surface area contributed by atoms with Crippen LogP contribution in [0.5, 0.6) is 0 Å². The molecular weight excluding hydrogens is 256 g/mol. The molecule has 106 valence electrons. The molecule has 20 heavy (non-hydrogen) atoms. The van der Waals surface area contributed by atoms with Crippen LogP contribution in [0.4, 0.5) is 0 Å². The van der Waals surface area contributed by atoms with Crippen LogP contribution >= 0.6 is 0 Å². The summed E-state index contributed by atoms with van der Waals surface area (Å²) in [5, 5.41) is 8.84. The van der Waals surface area contributed by atoms with Crippen molar-refractivity contribution in [1.29, 1.82) is 0 Å². The van der Waals surface area contributed by atoms with E-state index in [1.54, 1.807) is 0 Å². The maximum absolute atomic E-state index is 11.3. The maximum atomic E-state index is 11.3. The van der Waals surface area contributed by atoms with Crippen molar-refractivity contribution in [2.24, 2.45) is 11.8 Å². The summed E-state index contributed by atoms with van der Waals surface area (Å²) in [6, 6.07) is 7.64. The first-order valence-corrected chi connectivity index (χ1v) is 7.07. The second-order valence-electron chi connectivity index (χ2n) is 5.76. The predicted octanol–water partition coefficient (Wildman–Crippen LogP) is 1.85. The number of rotatable bonds is 5. The average Bonchev–Trinajstić information content (AvgIpc) is 2.99. The van der Waals surface area contributed by atoms with Gasteiger partial charge >= 0.3 is 5.97 Å². The van der Waals surface area contributed by atoms with E-state index in [0.29, 0.717) is 0 Å². The molecule has 4 atom stereocenters. The van der Waals surface area contributed by atoms with E-state index in [2.05, 4.69) is 0 Å². The normalized spacial score (nSPS) is 31.4. The highest BCUT2D eigenvalue weighted by Gasteiger charge is 2.48. The SMILES string of the molecule is O=CC1C2CCC(O2)C1Cc1cccc(CC(=O)O)c1. The van der Waals surface area contributed by atoms with E-state index in [0.717, 1.165) is 36.7 Å². The Morgan fingerprint density at radius 3 is 2.80 bits per heavy atom. The third-order valence-electron chi connectivity index (χ3n) is 4.46. The molecule has 0 spiro atoms. The monoisotopic (exact) mass is 274 g/mol. The van der Waals surface area contributed by atoms with Crippen LogP contribution in [0.25, 0.3) is 0 Å². The summed E-state index contributed by atoms with van der Waals surface area (Å²) < 4.78 is 5.83. The molecule has 2 aliphatic rings. The Morgan fingerprint density at radius 1 is 1.30 bits per heavy atom. The quantitative estimate of drug-likeness (QED) is 0.832. The largest absolute Gasteiger partial charge is 0.481 e. The van der Waals surface area contributed by atoms with Crippen molar-refractivity contribution in [3.05, 3.63) is 35.4 Å². The maximum Gasteiger partial charge on any atom is 0.307 e. The fourth-order valence-electron chi connectivity index (χ4n) is 3.58. The summed E-state index contributed by atoms with van der Waals surface area (Å²) in [4.78, 5) is 22.0. The minimum atomic E-state index is -0.823. The second kappa shape index (κ2) is 5.37. The molecule has 2 saturated heterocycles. The first kappa shape index (κ1) is 13.3. The van der Waals surface area contributed by atoms with Crippen molar-refractivity contribution < 1.29 is 19.4 Å². The van der Waals surface area contributed by atoms with Crippen molar-refractivity contribution in [2.75, 3.05) is 0 Å². The number of hydrogen-bond acceptors (Lipinski definition) is 3. The van der Waals surface area contributed by atoms with E-state index in [1.165, 1.54) is 0 Å². The molecule has 0 aromatic heterocycles. The molecule has 2 aliphatic heterocycles. The minimum absolute atomic E-state index is 0.00289. The fourth-order valence-corrected chi connectivity index (χ4v) is 3.58. The number of aldehydes is 1. The Kier molecular flexibility index (Phi) is 3.57. The van der Waals surface area contributed by atoms with Crippen LogP contribution in [0.1, 0.15) is 24.0 Å². The zero-order chi connectivity index (χ0) is 14.1. The lowest BCUT2D eigenvalue weighted by atomic mass is 9.77. The van der Waals surface area contributed by atoms with Crippen molar-refractivity contribution in [1.82, 2.24) is 0 Å². The number of aliphatic carboxylic acids is 1. The van der Waals surface area contributed by atoms with E-state index in [-0.39, 0.29) is 30.5 Å². The summed E-state index contributed by atoms with van der Waals surface area (Å²) in [6.07, 6.45) is 4.19. The van der Waals surface area contributed by atoms with Crippen LogP contribution < -0.4 is 0 Å². The van der Waals surface area contributed by atoms with E-state index >= 15 is 0 Å². The highest BCUT2D eigenvalue weighted by molar-refractivity contribution is 5.70. The Hall–Kier alpha value is -1.68. The topological polar surface area (TPSA) is 63.6 Å². The summed E-state index contributed by atoms with van der Waals surface area (Å²) in [5.41, 5.74) is 1.90. The van der Waals surface area contributed by atoms with E-state index in [4.69, 9.17) is 9.84 Å². The first-order valence-electron chi connectivity index (χ1n) is 7.07. The summed E-state index contributed by atoms with van der Waals surface area (Å²) in [6.45, 7) is 0. The van der Waals surface area contributed by atoms with Gasteiger partial charge in [-0.15, -0.1) is 0 Å². The highest BCUT2D eigenvalue weighted by atomic mass is 16.5. The molecule has 4 nitrogen and oxygen atoms in total. The van der Waals surface area contributed by atoms with Crippen molar-refractivity contribution >= 4 is 12.3 Å². The standard InChI is InChI=1S/C16H18O4/c17-9-13-12(14-4-5-15(13)20-14)7-10-2-1-3-11(6-10)8-16(18)19/h1-3,6,9,12-15H,4-5,7-8H2,(H,18,19). The molecule has 0 radical (unpaired) electrons. The van der Waals surface area contributed by atoms with E-state index in [9.17, 15) is 9.59 Å². The zero-order valence-corrected chi connectivity index (χ0v) is 11.2. The van der Waals surface area contributed by atoms with Gasteiger partial charge in [-0.05, 0) is 30.4 Å². The summed E-state index contributed by atoms with van der Waals surface area (Å²) >= 11 is 0. The van der Waals surface area contributed by atoms with Gasteiger partial charge in [0, 0.05) is 11.8 Å². The lowest BCUT2D eigenvalue weighted by molar-refractivity contribution is -0.136. The number of benzene rings is 1. The number of ether oxygens (including phenoxy) is 1. The smallest absolute Gasteiger partial charge is 0.307 e. The van der Waals surface area contributed by atoms with Gasteiger partial charge in [0.05, 0.1) is 18.6 Å². The van der Waals surface area contributed by atoms with Gasteiger partial charge in [0.2, 0.25) is 0 Å². The number of hydrogen-bond donors (Lipinski definition) is 1. The van der Waals surface area contributed by atoms with Crippen molar-refractivity contribution in [3.63, 3.8) is 0 Å². The van der Waals surface area contributed by atoms with Gasteiger partial charge in [-0.2, -0.15) is 0 Å². The molecule has 4 heteroatoms. The van der Waals surface area contributed by atoms with Crippen LogP contribution in [-0.2, 0) is 27.2 Å². The molecule has 0 saturated carbocycles. The first-order chi connectivity index (χ1) is 9.67. The van der Waals surface area contributed by atoms with Crippen LogP contribution in [0.3, 0.4) is 0 Å². The summed E-state index contributed by atoms with van der Waals surface area (Å²) in [5.74, 6) is -0.584. The molecular formula is C16H18O4. The number of carboxylic acids is 1. The molecule has 2 heterocycles. The molecule has 1 aromatic rings. The lowest BCUT2D eigenvalue weighted by Crippen LogP contribution is -2.29. The third-order valence-corrected chi connectivity index (χ3v) is 4.46. The fraction of sp³-hybridized carbons (Fsp3) is 0.500. The number of carbonyl (C=O) groups is 2. The van der Waals surface area contributed by atoms with Gasteiger partial charge < -0.3 is 14.6 Å². The summed E-state index contributed by atoms with van der Waals surface area (Å²) in [7, 11) is 0. The van der Waals surface area contributed by atoms with Gasteiger partial charge in [-0.1, -0.05) is 24.3 Å². The Bertz CT molecular complexity index is 525. The number of carbonyl (C=O) groups excluding carboxylic acids is 1. The Labute approximate surface area is 117 Å². The molecule has 2 bridgehead atoms. The second-order valence-corrected chi connectivity index (χ2v) is 5.76. The van der Waals surface area contributed by atoms with E-state index < -0.39 is 5.97 Å². The molecule has 1 aromatic carbocycles. The molecule has 3 rings (SSSR count). The van der Waals surface area contributed by atoms with Crippen LogP contribution in [0.2, 0.25) is 0 Å². The Balaban J connectivity index is 1.74. The molecule has 2 fully saturated rings. The van der Waals surface area contributed by atoms with E-state index in [1.807, 2.05) is 24.3 Å². The Morgan fingerprint density at radius 2 is 2.05 bits per heavy atom. The number of carboxylic acid groups (broad SMARTS) is 1. The van der Waals surface area contributed by atoms with Gasteiger partial charge in [0.25, 0.3) is 0 Å². The average molecular weight is 274 g/mol. The van der Waals surface area contributed by atoms with Crippen LogP contribution in [0.15, 0.2) is 24.3 Å². The lowest BCUT2D eigenvalue weighted by Gasteiger charge is -2.24. The zero-order valence-electron chi connectivity index (χ0n) is 11.2. The molecule has 4 unspecified atom stereocenters. The number of fused-ring (bicyclic) bond motifs is 2. The predicted molar refractivity (Wildman–Crippen MR) is 72.4 cm³/mol. The minimum Gasteiger partial charge on any atom is -0.481 e.